The molecule has 0 spiro atoms. The Bertz CT molecular complexity index is 1770. The first-order valence-corrected chi connectivity index (χ1v) is 11.0. The number of fused-ring (bicyclic) bond motifs is 3. The minimum atomic E-state index is -0.711. The highest BCUT2D eigenvalue weighted by molar-refractivity contribution is 6.00. The van der Waals surface area contributed by atoms with Crippen LogP contribution in [0.2, 0.25) is 0 Å². The van der Waals surface area contributed by atoms with Gasteiger partial charge in [-0.2, -0.15) is 9.97 Å². The van der Waals surface area contributed by atoms with E-state index in [0.717, 1.165) is 11.3 Å². The van der Waals surface area contributed by atoms with Crippen molar-refractivity contribution in [3.05, 3.63) is 69.6 Å². The molecule has 0 fully saturated rings. The van der Waals surface area contributed by atoms with Crippen molar-refractivity contribution in [3.8, 4) is 23.1 Å². The first-order valence-electron chi connectivity index (χ1n) is 11.0. The highest BCUT2D eigenvalue weighted by Gasteiger charge is 2.28. The van der Waals surface area contributed by atoms with Gasteiger partial charge in [0.15, 0.2) is 5.82 Å². The number of hydrogen-bond donors (Lipinski definition) is 2. The zero-order valence-corrected chi connectivity index (χ0v) is 19.2. The number of hydrogen-bond acceptors (Lipinski definition) is 10. The van der Waals surface area contributed by atoms with Crippen molar-refractivity contribution in [2.45, 2.75) is 20.0 Å². The van der Waals surface area contributed by atoms with Crippen LogP contribution in [-0.2, 0) is 13.1 Å². The van der Waals surface area contributed by atoms with Gasteiger partial charge in [-0.05, 0) is 30.5 Å². The number of rotatable bonds is 3. The molecule has 0 bridgehead atoms. The molecule has 36 heavy (non-hydrogen) atoms. The van der Waals surface area contributed by atoms with Crippen LogP contribution < -0.4 is 21.0 Å². The van der Waals surface area contributed by atoms with Crippen LogP contribution in [0, 0.1) is 12.7 Å². The summed E-state index contributed by atoms with van der Waals surface area (Å²) in [6, 6.07) is 7.37. The zero-order valence-electron chi connectivity index (χ0n) is 19.2. The van der Waals surface area contributed by atoms with Gasteiger partial charge in [0.25, 0.3) is 0 Å². The van der Waals surface area contributed by atoms with Gasteiger partial charge in [-0.15, -0.1) is 0 Å². The van der Waals surface area contributed by atoms with E-state index in [1.54, 1.807) is 25.3 Å². The lowest BCUT2D eigenvalue weighted by atomic mass is 9.98. The Kier molecular flexibility index (Phi) is 4.75. The van der Waals surface area contributed by atoms with Crippen LogP contribution in [0.15, 0.2) is 45.7 Å². The van der Waals surface area contributed by atoms with E-state index in [0.29, 0.717) is 29.9 Å². The van der Waals surface area contributed by atoms with Gasteiger partial charge in [0.2, 0.25) is 5.95 Å². The summed E-state index contributed by atoms with van der Waals surface area (Å²) in [6.07, 6.45) is 1.64. The Hall–Kier alpha value is -4.80. The van der Waals surface area contributed by atoms with Crippen molar-refractivity contribution < 1.29 is 18.7 Å². The van der Waals surface area contributed by atoms with Crippen LogP contribution in [0.1, 0.15) is 16.8 Å². The molecule has 180 valence electrons. The molecule has 0 saturated carbocycles. The second-order valence-corrected chi connectivity index (χ2v) is 8.49. The smallest absolute Gasteiger partial charge is 0.349 e. The summed E-state index contributed by atoms with van der Waals surface area (Å²) < 4.78 is 26.0. The monoisotopic (exact) mass is 486 g/mol. The molecule has 0 amide bonds. The number of nitrogen functional groups attached to an aromatic ring is 1. The number of anilines is 2. The lowest BCUT2D eigenvalue weighted by molar-refractivity contribution is 0.381. The first-order chi connectivity index (χ1) is 17.3. The molecule has 0 aliphatic carbocycles. The van der Waals surface area contributed by atoms with E-state index in [2.05, 4.69) is 19.9 Å². The molecule has 1 aliphatic rings. The van der Waals surface area contributed by atoms with Crippen LogP contribution in [0.5, 0.6) is 11.8 Å². The van der Waals surface area contributed by atoms with Gasteiger partial charge in [0.1, 0.15) is 22.7 Å². The second-order valence-electron chi connectivity index (χ2n) is 8.49. The highest BCUT2D eigenvalue weighted by atomic mass is 19.1. The molecule has 6 rings (SSSR count). The number of halogens is 1. The molecule has 3 aromatic heterocycles. The third-order valence-corrected chi connectivity index (χ3v) is 6.28. The number of phenolic OH excluding ortho intramolecular Hbond substituents is 1. The van der Waals surface area contributed by atoms with Crippen LogP contribution in [0.4, 0.5) is 16.2 Å². The number of methoxy groups -OCH3 is 1. The molecule has 0 unspecified atom stereocenters. The number of nitrogens with zero attached hydrogens (tertiary/aromatic N) is 5. The third kappa shape index (κ3) is 3.28. The summed E-state index contributed by atoms with van der Waals surface area (Å²) in [5.41, 5.74) is 7.59. The minimum absolute atomic E-state index is 0.0469. The first kappa shape index (κ1) is 21.7. The van der Waals surface area contributed by atoms with E-state index in [4.69, 9.17) is 14.9 Å². The quantitative estimate of drug-likeness (QED) is 0.389. The Morgan fingerprint density at radius 1 is 1.17 bits per heavy atom. The number of nitrogens with two attached hydrogens (primary N) is 1. The lowest BCUT2D eigenvalue weighted by Gasteiger charge is -2.19. The standard InChI is InChI=1S/C25H19FN6O4/c1-11-20-19(22(31-25(30-20)35-2)32-9-13-8-28-24(27)29-17(13)10-32)23(34)36-21(11)15-7-14(33)6-12-4-3-5-16(26)18(12)15/h3-8,33H,9-10H2,1-2H3,(H2,27,28,29). The predicted octanol–water partition coefficient (Wildman–Crippen LogP) is 3.46. The van der Waals surface area contributed by atoms with Gasteiger partial charge in [0, 0.05) is 34.8 Å². The van der Waals surface area contributed by atoms with E-state index in [1.165, 1.54) is 25.3 Å². The average Bonchev–Trinajstić information content (AvgIpc) is 3.28. The average molecular weight is 486 g/mol. The van der Waals surface area contributed by atoms with E-state index in [-0.39, 0.29) is 45.3 Å². The van der Waals surface area contributed by atoms with Gasteiger partial charge in [0.05, 0.1) is 24.9 Å². The maximum absolute atomic E-state index is 14.9. The van der Waals surface area contributed by atoms with Crippen molar-refractivity contribution >= 4 is 33.4 Å². The summed E-state index contributed by atoms with van der Waals surface area (Å²) in [5, 5.41) is 11.1. The fourth-order valence-corrected chi connectivity index (χ4v) is 4.66. The fraction of sp³-hybridized carbons (Fsp3) is 0.160. The Balaban J connectivity index is 1.61. The SMILES string of the molecule is COc1nc(N2Cc3cnc(N)nc3C2)c2c(=O)oc(-c3cc(O)cc4cccc(F)c34)c(C)c2n1. The van der Waals surface area contributed by atoms with E-state index in [1.807, 2.05) is 4.90 Å². The largest absolute Gasteiger partial charge is 0.508 e. The number of aryl methyl sites for hydroxylation is 1. The molecule has 0 saturated heterocycles. The molecule has 3 N–H and O–H groups in total. The Labute approximate surface area is 202 Å². The molecule has 10 nitrogen and oxygen atoms in total. The van der Waals surface area contributed by atoms with Gasteiger partial charge < -0.3 is 24.9 Å². The van der Waals surface area contributed by atoms with Crippen molar-refractivity contribution in [2.75, 3.05) is 17.7 Å². The van der Waals surface area contributed by atoms with Crippen molar-refractivity contribution in [2.24, 2.45) is 0 Å². The molecular weight excluding hydrogens is 467 g/mol. The maximum Gasteiger partial charge on any atom is 0.349 e. The number of aromatic nitrogens is 4. The molecule has 2 aromatic carbocycles. The highest BCUT2D eigenvalue weighted by Crippen LogP contribution is 2.39. The number of aromatic hydroxyl groups is 1. The van der Waals surface area contributed by atoms with Crippen molar-refractivity contribution in [3.63, 3.8) is 0 Å². The van der Waals surface area contributed by atoms with Gasteiger partial charge in [-0.1, -0.05) is 12.1 Å². The van der Waals surface area contributed by atoms with Crippen LogP contribution in [0.25, 0.3) is 33.0 Å². The summed E-state index contributed by atoms with van der Waals surface area (Å²) in [6.45, 7) is 2.45. The van der Waals surface area contributed by atoms with Crippen LogP contribution >= 0.6 is 0 Å². The topological polar surface area (TPSA) is 140 Å². The van der Waals surface area contributed by atoms with Gasteiger partial charge in [-0.3, -0.25) is 0 Å². The number of benzene rings is 2. The molecule has 5 aromatic rings. The minimum Gasteiger partial charge on any atom is -0.508 e. The fourth-order valence-electron chi connectivity index (χ4n) is 4.66. The number of ether oxygens (including phenoxy) is 1. The molecule has 0 radical (unpaired) electrons. The molecule has 1 aliphatic heterocycles. The summed E-state index contributed by atoms with van der Waals surface area (Å²) in [5.74, 6) is -0.0501. The third-order valence-electron chi connectivity index (χ3n) is 6.28. The molecule has 4 heterocycles. The van der Waals surface area contributed by atoms with Crippen molar-refractivity contribution in [1.29, 1.82) is 0 Å². The molecular formula is C25H19FN6O4. The van der Waals surface area contributed by atoms with Crippen LogP contribution in [0.3, 0.4) is 0 Å². The second kappa shape index (κ2) is 7.87. The van der Waals surface area contributed by atoms with Gasteiger partial charge >= 0.3 is 11.6 Å². The summed E-state index contributed by atoms with van der Waals surface area (Å²) in [4.78, 5) is 32.5. The summed E-state index contributed by atoms with van der Waals surface area (Å²) >= 11 is 0. The van der Waals surface area contributed by atoms with Crippen LogP contribution in [-0.4, -0.2) is 32.2 Å². The molecule has 0 atom stereocenters. The lowest BCUT2D eigenvalue weighted by Crippen LogP contribution is -2.20. The van der Waals surface area contributed by atoms with Gasteiger partial charge in [-0.25, -0.2) is 19.2 Å². The Morgan fingerprint density at radius 2 is 2.00 bits per heavy atom. The van der Waals surface area contributed by atoms with Crippen molar-refractivity contribution in [1.82, 2.24) is 19.9 Å². The Morgan fingerprint density at radius 3 is 2.81 bits per heavy atom. The predicted molar refractivity (Wildman–Crippen MR) is 130 cm³/mol. The maximum atomic E-state index is 14.9. The van der Waals surface area contributed by atoms with E-state index < -0.39 is 11.4 Å². The molecule has 11 heteroatoms. The summed E-state index contributed by atoms with van der Waals surface area (Å²) in [7, 11) is 1.43. The van der Waals surface area contributed by atoms with E-state index in [9.17, 15) is 14.3 Å². The normalized spacial score (nSPS) is 12.9. The number of phenols is 1. The zero-order chi connectivity index (χ0) is 25.1. The van der Waals surface area contributed by atoms with E-state index >= 15 is 0 Å².